The Morgan fingerprint density at radius 3 is 2.83 bits per heavy atom. The van der Waals surface area contributed by atoms with Gasteiger partial charge in [-0.15, -0.1) is 0 Å². The van der Waals surface area contributed by atoms with E-state index in [-0.39, 0.29) is 12.5 Å². The summed E-state index contributed by atoms with van der Waals surface area (Å²) >= 11 is 0. The molecule has 2 amide bonds. The van der Waals surface area contributed by atoms with Crippen LogP contribution in [0.4, 0.5) is 4.79 Å². The number of likely N-dealkylation sites (tertiary alicyclic amines) is 1. The zero-order valence-electron chi connectivity index (χ0n) is 13.2. The summed E-state index contributed by atoms with van der Waals surface area (Å²) in [6, 6.07) is 9.92. The van der Waals surface area contributed by atoms with Crippen LogP contribution in [0.15, 0.2) is 30.3 Å². The number of urea groups is 1. The molecule has 1 fully saturated rings. The predicted octanol–water partition coefficient (Wildman–Crippen LogP) is 2.10. The lowest BCUT2D eigenvalue weighted by atomic mass is 10.1. The van der Waals surface area contributed by atoms with Gasteiger partial charge in [0.05, 0.1) is 13.2 Å². The molecule has 1 atom stereocenters. The molecule has 0 aliphatic carbocycles. The molecule has 0 radical (unpaired) electrons. The molecule has 0 aromatic heterocycles. The molecule has 1 heterocycles. The fourth-order valence-electron chi connectivity index (χ4n) is 2.62. The van der Waals surface area contributed by atoms with Gasteiger partial charge in [-0.1, -0.05) is 30.3 Å². The Morgan fingerprint density at radius 1 is 1.30 bits per heavy atom. The molecule has 6 heteroatoms. The van der Waals surface area contributed by atoms with Crippen molar-refractivity contribution in [2.24, 2.45) is 5.92 Å². The minimum absolute atomic E-state index is 0.0796. The monoisotopic (exact) mass is 320 g/mol. The molecule has 1 saturated heterocycles. The fourth-order valence-corrected chi connectivity index (χ4v) is 2.62. The maximum atomic E-state index is 12.0. The number of carboxylic acids is 1. The first-order valence-electron chi connectivity index (χ1n) is 8.01. The predicted molar refractivity (Wildman–Crippen MR) is 86.0 cm³/mol. The van der Waals surface area contributed by atoms with Crippen LogP contribution in [0, 0.1) is 5.92 Å². The lowest BCUT2D eigenvalue weighted by molar-refractivity contribution is -0.137. The van der Waals surface area contributed by atoms with Crippen LogP contribution in [-0.2, 0) is 16.1 Å². The van der Waals surface area contributed by atoms with E-state index in [9.17, 15) is 9.59 Å². The average Bonchev–Trinajstić information content (AvgIpc) is 3.01. The van der Waals surface area contributed by atoms with Crippen molar-refractivity contribution in [3.05, 3.63) is 35.9 Å². The summed E-state index contributed by atoms with van der Waals surface area (Å²) in [5.74, 6) is -0.473. The molecular weight excluding hydrogens is 296 g/mol. The number of carbonyl (C=O) groups is 2. The van der Waals surface area contributed by atoms with E-state index in [2.05, 4.69) is 5.32 Å². The number of rotatable bonds is 8. The SMILES string of the molecule is O=C(O)CCCNC(=O)N1CCC(COCc2ccccc2)C1. The van der Waals surface area contributed by atoms with Crippen LogP contribution >= 0.6 is 0 Å². The third kappa shape index (κ3) is 6.28. The Bertz CT molecular complexity index is 507. The highest BCUT2D eigenvalue weighted by Gasteiger charge is 2.26. The van der Waals surface area contributed by atoms with Crippen LogP contribution in [0.3, 0.4) is 0 Å². The Kier molecular flexibility index (Phi) is 6.87. The van der Waals surface area contributed by atoms with Gasteiger partial charge in [-0.25, -0.2) is 4.79 Å². The van der Waals surface area contributed by atoms with Gasteiger partial charge in [0.15, 0.2) is 0 Å². The molecule has 0 bridgehead atoms. The van der Waals surface area contributed by atoms with Crippen molar-refractivity contribution in [3.8, 4) is 0 Å². The molecular formula is C17H24N2O4. The smallest absolute Gasteiger partial charge is 0.317 e. The topological polar surface area (TPSA) is 78.9 Å². The molecule has 1 aliphatic heterocycles. The number of nitrogens with zero attached hydrogens (tertiary/aromatic N) is 1. The summed E-state index contributed by atoms with van der Waals surface area (Å²) in [4.78, 5) is 24.1. The first kappa shape index (κ1) is 17.3. The summed E-state index contributed by atoms with van der Waals surface area (Å²) in [5.41, 5.74) is 1.15. The van der Waals surface area contributed by atoms with Gasteiger partial charge in [-0.05, 0) is 18.4 Å². The maximum absolute atomic E-state index is 12.0. The summed E-state index contributed by atoms with van der Waals surface area (Å²) in [6.07, 6.45) is 1.48. The van der Waals surface area contributed by atoms with Crippen molar-refractivity contribution in [1.82, 2.24) is 10.2 Å². The van der Waals surface area contributed by atoms with Gasteiger partial charge in [0.25, 0.3) is 0 Å². The van der Waals surface area contributed by atoms with Crippen LogP contribution < -0.4 is 5.32 Å². The first-order valence-corrected chi connectivity index (χ1v) is 8.01. The van der Waals surface area contributed by atoms with Gasteiger partial charge in [-0.3, -0.25) is 4.79 Å². The van der Waals surface area contributed by atoms with Crippen LogP contribution in [-0.4, -0.2) is 48.2 Å². The molecule has 6 nitrogen and oxygen atoms in total. The number of amides is 2. The second-order valence-electron chi connectivity index (χ2n) is 5.83. The van der Waals surface area contributed by atoms with E-state index >= 15 is 0 Å². The molecule has 126 valence electrons. The number of carbonyl (C=O) groups excluding carboxylic acids is 1. The second kappa shape index (κ2) is 9.15. The third-order valence-corrected chi connectivity index (χ3v) is 3.88. The van der Waals surface area contributed by atoms with E-state index in [1.165, 1.54) is 0 Å². The zero-order chi connectivity index (χ0) is 16.5. The van der Waals surface area contributed by atoms with E-state index in [1.807, 2.05) is 30.3 Å². The van der Waals surface area contributed by atoms with Crippen LogP contribution in [0.5, 0.6) is 0 Å². The molecule has 1 aromatic carbocycles. The standard InChI is InChI=1S/C17H24N2O4/c20-16(21)7-4-9-18-17(22)19-10-8-15(11-19)13-23-12-14-5-2-1-3-6-14/h1-3,5-6,15H,4,7-13H2,(H,18,22)(H,20,21). The van der Waals surface area contributed by atoms with Gasteiger partial charge >= 0.3 is 12.0 Å². The van der Waals surface area contributed by atoms with E-state index in [4.69, 9.17) is 9.84 Å². The molecule has 1 aromatic rings. The minimum Gasteiger partial charge on any atom is -0.481 e. The zero-order valence-corrected chi connectivity index (χ0v) is 13.2. The second-order valence-corrected chi connectivity index (χ2v) is 5.83. The van der Waals surface area contributed by atoms with Gasteiger partial charge in [-0.2, -0.15) is 0 Å². The van der Waals surface area contributed by atoms with E-state index < -0.39 is 5.97 Å². The number of ether oxygens (including phenoxy) is 1. The first-order chi connectivity index (χ1) is 11.1. The minimum atomic E-state index is -0.837. The number of benzene rings is 1. The molecule has 2 rings (SSSR count). The number of aliphatic carboxylic acids is 1. The normalized spacial score (nSPS) is 17.2. The van der Waals surface area contributed by atoms with Gasteiger partial charge in [0.2, 0.25) is 0 Å². The molecule has 23 heavy (non-hydrogen) atoms. The Labute approximate surface area is 136 Å². The quantitative estimate of drug-likeness (QED) is 0.719. The Morgan fingerprint density at radius 2 is 2.09 bits per heavy atom. The van der Waals surface area contributed by atoms with Crippen LogP contribution in [0.25, 0.3) is 0 Å². The largest absolute Gasteiger partial charge is 0.481 e. The number of carboxylic acid groups (broad SMARTS) is 1. The maximum Gasteiger partial charge on any atom is 0.317 e. The van der Waals surface area contributed by atoms with Crippen molar-refractivity contribution < 1.29 is 19.4 Å². The lowest BCUT2D eigenvalue weighted by Crippen LogP contribution is -2.39. The highest BCUT2D eigenvalue weighted by molar-refractivity contribution is 5.74. The number of nitrogens with one attached hydrogen (secondary N) is 1. The molecule has 2 N–H and O–H groups in total. The summed E-state index contributed by atoms with van der Waals surface area (Å²) in [7, 11) is 0. The average molecular weight is 320 g/mol. The molecule has 0 saturated carbocycles. The Balaban J connectivity index is 1.59. The summed E-state index contributed by atoms with van der Waals surface area (Å²) < 4.78 is 5.73. The van der Waals surface area contributed by atoms with E-state index in [0.717, 1.165) is 18.5 Å². The van der Waals surface area contributed by atoms with Crippen molar-refractivity contribution in [1.29, 1.82) is 0 Å². The third-order valence-electron chi connectivity index (χ3n) is 3.88. The van der Waals surface area contributed by atoms with Crippen LogP contribution in [0.1, 0.15) is 24.8 Å². The van der Waals surface area contributed by atoms with Crippen molar-refractivity contribution in [3.63, 3.8) is 0 Å². The van der Waals surface area contributed by atoms with Crippen LogP contribution in [0.2, 0.25) is 0 Å². The number of hydrogen-bond donors (Lipinski definition) is 2. The van der Waals surface area contributed by atoms with Gasteiger partial charge < -0.3 is 20.1 Å². The lowest BCUT2D eigenvalue weighted by Gasteiger charge is -2.17. The van der Waals surface area contributed by atoms with E-state index in [0.29, 0.717) is 38.6 Å². The van der Waals surface area contributed by atoms with Crippen molar-refractivity contribution in [2.45, 2.75) is 25.9 Å². The molecule has 1 aliphatic rings. The molecule has 0 spiro atoms. The van der Waals surface area contributed by atoms with Crippen molar-refractivity contribution in [2.75, 3.05) is 26.2 Å². The van der Waals surface area contributed by atoms with Gasteiger partial charge in [0, 0.05) is 32.0 Å². The Hall–Kier alpha value is -2.08. The highest BCUT2D eigenvalue weighted by Crippen LogP contribution is 2.17. The molecule has 1 unspecified atom stereocenters. The summed E-state index contributed by atoms with van der Waals surface area (Å²) in [6.45, 7) is 3.07. The van der Waals surface area contributed by atoms with E-state index in [1.54, 1.807) is 4.90 Å². The van der Waals surface area contributed by atoms with Gasteiger partial charge in [0.1, 0.15) is 0 Å². The highest BCUT2D eigenvalue weighted by atomic mass is 16.5. The summed E-state index contributed by atoms with van der Waals surface area (Å²) in [5, 5.41) is 11.3. The number of hydrogen-bond acceptors (Lipinski definition) is 3. The fraction of sp³-hybridized carbons (Fsp3) is 0.529. The van der Waals surface area contributed by atoms with Crippen molar-refractivity contribution >= 4 is 12.0 Å².